The van der Waals surface area contributed by atoms with E-state index in [9.17, 15) is 24.8 Å². The molecule has 0 saturated carbocycles. The van der Waals surface area contributed by atoms with Crippen LogP contribution in [0.25, 0.3) is 5.52 Å². The van der Waals surface area contributed by atoms with Crippen LogP contribution in [0.4, 0.5) is 5.82 Å². The van der Waals surface area contributed by atoms with E-state index in [2.05, 4.69) is 15.2 Å². The Balaban J connectivity index is 1.36. The summed E-state index contributed by atoms with van der Waals surface area (Å²) < 4.78 is 43.0. The van der Waals surface area contributed by atoms with Gasteiger partial charge in [0.2, 0.25) is 5.60 Å². The van der Waals surface area contributed by atoms with Gasteiger partial charge in [-0.15, -0.1) is 0 Å². The molecule has 3 aromatic rings. The summed E-state index contributed by atoms with van der Waals surface area (Å²) in [4.78, 5) is 16.6. The minimum Gasteiger partial charge on any atom is -0.459 e. The highest BCUT2D eigenvalue weighted by Crippen LogP contribution is 2.48. The first-order valence-corrected chi connectivity index (χ1v) is 14.3. The number of anilines is 1. The van der Waals surface area contributed by atoms with Crippen LogP contribution in [0.5, 0.6) is 5.75 Å². The highest BCUT2D eigenvalue weighted by molar-refractivity contribution is 7.52. The Bertz CT molecular complexity index is 1480. The van der Waals surface area contributed by atoms with Gasteiger partial charge in [-0.05, 0) is 31.2 Å². The van der Waals surface area contributed by atoms with Gasteiger partial charge in [0, 0.05) is 6.42 Å². The SMILES string of the molecule is C[C@H](N[P@@](=O)(OC[C@@]1(C#N)O[C@@H](c2ccc3c(N)ncnn23)[C@H](O)[C@@H]1O)Oc1ccccc1)C(=O)O[C@H]1CCOC1. The Hall–Kier alpha value is -3.61. The molecule has 0 amide bonds. The third-order valence-corrected chi connectivity index (χ3v) is 8.36. The molecule has 0 unspecified atom stereocenters. The highest BCUT2D eigenvalue weighted by Gasteiger charge is 2.57. The van der Waals surface area contributed by atoms with Crippen LogP contribution in [0.15, 0.2) is 48.8 Å². The maximum absolute atomic E-state index is 13.9. The van der Waals surface area contributed by atoms with E-state index in [1.807, 2.05) is 6.07 Å². The second kappa shape index (κ2) is 11.7. The number of hydrogen-bond acceptors (Lipinski definition) is 13. The number of aromatic nitrogens is 3. The summed E-state index contributed by atoms with van der Waals surface area (Å²) >= 11 is 0. The molecule has 0 radical (unpaired) electrons. The molecule has 4 heterocycles. The number of nitriles is 1. The fourth-order valence-corrected chi connectivity index (χ4v) is 6.05. The van der Waals surface area contributed by atoms with E-state index >= 15 is 0 Å². The van der Waals surface area contributed by atoms with Crippen molar-refractivity contribution in [3.05, 3.63) is 54.5 Å². The molecule has 2 aromatic heterocycles. The number of rotatable bonds is 10. The van der Waals surface area contributed by atoms with Crippen LogP contribution in [-0.4, -0.2) is 80.6 Å². The van der Waals surface area contributed by atoms with Crippen molar-refractivity contribution in [1.29, 1.82) is 5.26 Å². The first-order valence-electron chi connectivity index (χ1n) is 12.7. The van der Waals surface area contributed by atoms with Gasteiger partial charge in [-0.3, -0.25) is 9.32 Å². The first-order chi connectivity index (χ1) is 19.6. The van der Waals surface area contributed by atoms with Crippen molar-refractivity contribution in [1.82, 2.24) is 19.7 Å². The molecule has 7 atom stereocenters. The summed E-state index contributed by atoms with van der Waals surface area (Å²) in [5.74, 6) is -0.404. The quantitative estimate of drug-likeness (QED) is 0.191. The van der Waals surface area contributed by atoms with E-state index in [0.29, 0.717) is 18.5 Å². The number of para-hydroxylation sites is 1. The predicted octanol–water partition coefficient (Wildman–Crippen LogP) is 0.881. The largest absolute Gasteiger partial charge is 0.459 e. The molecule has 2 aliphatic rings. The molecule has 41 heavy (non-hydrogen) atoms. The van der Waals surface area contributed by atoms with Crippen LogP contribution in [0.1, 0.15) is 25.1 Å². The van der Waals surface area contributed by atoms with E-state index in [4.69, 9.17) is 29.0 Å². The first kappa shape index (κ1) is 28.9. The number of ether oxygens (including phenoxy) is 3. The lowest BCUT2D eigenvalue weighted by Crippen LogP contribution is -2.46. The molecule has 16 heteroatoms. The molecule has 5 N–H and O–H groups in total. The average molecular weight is 589 g/mol. The summed E-state index contributed by atoms with van der Waals surface area (Å²) in [6.45, 7) is 1.32. The van der Waals surface area contributed by atoms with Gasteiger partial charge in [0.25, 0.3) is 0 Å². The van der Waals surface area contributed by atoms with Crippen molar-refractivity contribution in [3.8, 4) is 11.8 Å². The normalized spacial score (nSPS) is 28.1. The maximum Gasteiger partial charge on any atom is 0.459 e. The Kier molecular flexibility index (Phi) is 8.25. The molecule has 0 bridgehead atoms. The van der Waals surface area contributed by atoms with Crippen molar-refractivity contribution in [2.45, 2.75) is 49.4 Å². The second-order valence-electron chi connectivity index (χ2n) is 9.62. The zero-order chi connectivity index (χ0) is 29.2. The Labute approximate surface area is 234 Å². The van der Waals surface area contributed by atoms with Gasteiger partial charge in [-0.1, -0.05) is 18.2 Å². The topological polar surface area (TPSA) is 213 Å². The number of aliphatic hydroxyl groups excluding tert-OH is 2. The molecule has 1 aromatic carbocycles. The smallest absolute Gasteiger partial charge is 0.459 e. The molecule has 0 aliphatic carbocycles. The number of carbonyl (C=O) groups is 1. The van der Waals surface area contributed by atoms with Crippen molar-refractivity contribution in [3.63, 3.8) is 0 Å². The van der Waals surface area contributed by atoms with E-state index in [1.54, 1.807) is 30.3 Å². The van der Waals surface area contributed by atoms with Crippen LogP contribution in [-0.2, 0) is 28.1 Å². The summed E-state index contributed by atoms with van der Waals surface area (Å²) in [5.41, 5.74) is 4.41. The number of nitrogens with zero attached hydrogens (tertiary/aromatic N) is 4. The van der Waals surface area contributed by atoms with Crippen molar-refractivity contribution in [2.24, 2.45) is 0 Å². The monoisotopic (exact) mass is 588 g/mol. The molecule has 2 aliphatic heterocycles. The van der Waals surface area contributed by atoms with E-state index < -0.39 is 56.4 Å². The molecule has 5 rings (SSSR count). The van der Waals surface area contributed by atoms with Gasteiger partial charge in [-0.2, -0.15) is 15.4 Å². The third kappa shape index (κ3) is 5.90. The van der Waals surface area contributed by atoms with E-state index in [0.717, 1.165) is 0 Å². The Morgan fingerprint density at radius 1 is 1.34 bits per heavy atom. The van der Waals surface area contributed by atoms with E-state index in [1.165, 1.54) is 29.9 Å². The highest BCUT2D eigenvalue weighted by atomic mass is 31.2. The molecule has 2 fully saturated rings. The minimum absolute atomic E-state index is 0.141. The molecule has 0 spiro atoms. The van der Waals surface area contributed by atoms with Gasteiger partial charge in [0.15, 0.2) is 5.82 Å². The summed E-state index contributed by atoms with van der Waals surface area (Å²) in [5, 5.41) is 38.5. The Morgan fingerprint density at radius 2 is 2.12 bits per heavy atom. The predicted molar refractivity (Wildman–Crippen MR) is 140 cm³/mol. The molecular formula is C25H29N6O9P. The molecule has 15 nitrogen and oxygen atoms in total. The molecule has 218 valence electrons. The van der Waals surface area contributed by atoms with Gasteiger partial charge in [0.05, 0.1) is 18.9 Å². The van der Waals surface area contributed by atoms with Crippen LogP contribution >= 0.6 is 7.75 Å². The van der Waals surface area contributed by atoms with Crippen molar-refractivity contribution >= 4 is 25.1 Å². The van der Waals surface area contributed by atoms with Crippen molar-refractivity contribution in [2.75, 3.05) is 25.6 Å². The number of hydrogen-bond donors (Lipinski definition) is 4. The lowest BCUT2D eigenvalue weighted by molar-refractivity contribution is -0.150. The molecule has 2 saturated heterocycles. The van der Waals surface area contributed by atoms with E-state index in [-0.39, 0.29) is 23.9 Å². The number of benzene rings is 1. The number of fused-ring (bicyclic) bond motifs is 1. The van der Waals surface area contributed by atoms with Gasteiger partial charge >= 0.3 is 13.7 Å². The van der Waals surface area contributed by atoms with Crippen LogP contribution in [0, 0.1) is 11.3 Å². The minimum atomic E-state index is -4.42. The number of nitrogens with two attached hydrogens (primary N) is 1. The third-order valence-electron chi connectivity index (χ3n) is 6.73. The van der Waals surface area contributed by atoms with Crippen LogP contribution < -0.4 is 15.3 Å². The van der Waals surface area contributed by atoms with Gasteiger partial charge < -0.3 is 34.7 Å². The lowest BCUT2D eigenvalue weighted by Gasteiger charge is -2.28. The zero-order valence-electron chi connectivity index (χ0n) is 21.9. The second-order valence-corrected chi connectivity index (χ2v) is 11.3. The van der Waals surface area contributed by atoms with Crippen LogP contribution in [0.2, 0.25) is 0 Å². The maximum atomic E-state index is 13.9. The van der Waals surface area contributed by atoms with Crippen molar-refractivity contribution < 1.29 is 42.8 Å². The molecular weight excluding hydrogens is 559 g/mol. The summed E-state index contributed by atoms with van der Waals surface area (Å²) in [7, 11) is -4.42. The number of nitrogens with one attached hydrogen (secondary N) is 1. The lowest BCUT2D eigenvalue weighted by atomic mass is 9.96. The van der Waals surface area contributed by atoms with Crippen LogP contribution in [0.3, 0.4) is 0 Å². The number of nitrogen functional groups attached to an aromatic ring is 1. The average Bonchev–Trinajstić information content (AvgIpc) is 3.69. The van der Waals surface area contributed by atoms with Gasteiger partial charge in [0.1, 0.15) is 60.7 Å². The summed E-state index contributed by atoms with van der Waals surface area (Å²) in [6.07, 6.45) is -3.33. The fraction of sp³-hybridized carbons (Fsp3) is 0.440. The Morgan fingerprint density at radius 3 is 2.83 bits per heavy atom. The standard InChI is InChI=1S/C25H29N6O9P/c1-15(24(34)38-17-9-10-36-11-17)30-41(35,40-16-5-3-2-4-6-16)37-13-25(12-26)22(33)20(32)21(39-25)18-7-8-19-23(27)28-14-29-31(18)19/h2-8,14-15,17,20-22,32-33H,9-11,13H2,1H3,(H,30,35)(H2,27,28,29)/t15-,17-,20-,21-,22-,25+,41+/m0/s1. The van der Waals surface area contributed by atoms with Gasteiger partial charge in [-0.25, -0.2) is 14.1 Å². The number of esters is 1. The fourth-order valence-electron chi connectivity index (χ4n) is 4.53. The number of carbonyl (C=O) groups excluding carboxylic acids is 1. The summed E-state index contributed by atoms with van der Waals surface area (Å²) in [6, 6.07) is 11.9. The number of aliphatic hydroxyl groups is 2. The zero-order valence-corrected chi connectivity index (χ0v) is 22.8.